The zero-order chi connectivity index (χ0) is 7.11. The highest BCUT2D eigenvalue weighted by molar-refractivity contribution is 8.76. The molecule has 3 nitrogen and oxygen atoms in total. The molecule has 0 aromatic heterocycles. The molecular weight excluding hydrogens is 156 g/mol. The van der Waals surface area contributed by atoms with Crippen LogP contribution in [0.5, 0.6) is 0 Å². The van der Waals surface area contributed by atoms with E-state index in [1.165, 1.54) is 0 Å². The van der Waals surface area contributed by atoms with Crippen LogP contribution in [0.1, 0.15) is 0 Å². The summed E-state index contributed by atoms with van der Waals surface area (Å²) in [6.07, 6.45) is 1.97. The van der Waals surface area contributed by atoms with Crippen molar-refractivity contribution >= 4 is 27.6 Å². The SMILES string of the molecule is CNC(=O)NCSSC. The smallest absolute Gasteiger partial charge is 0.315 e. The molecule has 0 aliphatic carbocycles. The maximum Gasteiger partial charge on any atom is 0.315 e. The Bertz CT molecular complexity index is 88.6. The van der Waals surface area contributed by atoms with Gasteiger partial charge in [-0.2, -0.15) is 0 Å². The number of urea groups is 1. The van der Waals surface area contributed by atoms with Gasteiger partial charge in [0.2, 0.25) is 0 Å². The second-order valence-electron chi connectivity index (χ2n) is 1.18. The van der Waals surface area contributed by atoms with Gasteiger partial charge in [0.25, 0.3) is 0 Å². The van der Waals surface area contributed by atoms with Gasteiger partial charge in [0.05, 0.1) is 5.88 Å². The summed E-state index contributed by atoms with van der Waals surface area (Å²) in [5.41, 5.74) is 0. The van der Waals surface area contributed by atoms with E-state index in [1.54, 1.807) is 28.6 Å². The minimum atomic E-state index is -0.128. The van der Waals surface area contributed by atoms with E-state index in [9.17, 15) is 4.79 Å². The van der Waals surface area contributed by atoms with Crippen LogP contribution in [0, 0.1) is 0 Å². The van der Waals surface area contributed by atoms with Crippen LogP contribution >= 0.6 is 21.6 Å². The summed E-state index contributed by atoms with van der Waals surface area (Å²) in [6.45, 7) is 0. The Kier molecular flexibility index (Phi) is 6.08. The third-order valence-corrected chi connectivity index (χ3v) is 2.20. The molecule has 0 rings (SSSR count). The van der Waals surface area contributed by atoms with Crippen LogP contribution in [0.2, 0.25) is 0 Å². The monoisotopic (exact) mass is 166 g/mol. The zero-order valence-corrected chi connectivity index (χ0v) is 7.06. The number of rotatable bonds is 3. The maximum atomic E-state index is 10.4. The third-order valence-electron chi connectivity index (χ3n) is 0.637. The summed E-state index contributed by atoms with van der Waals surface area (Å²) in [5, 5.41) is 5.08. The van der Waals surface area contributed by atoms with E-state index in [0.717, 1.165) is 0 Å². The van der Waals surface area contributed by atoms with Crippen molar-refractivity contribution in [2.75, 3.05) is 19.2 Å². The van der Waals surface area contributed by atoms with Gasteiger partial charge in [0, 0.05) is 7.05 Å². The molecule has 2 amide bonds. The molecule has 0 spiro atoms. The lowest BCUT2D eigenvalue weighted by Gasteiger charge is -1.99. The first-order valence-corrected chi connectivity index (χ1v) is 5.15. The molecule has 0 unspecified atom stereocenters. The van der Waals surface area contributed by atoms with Gasteiger partial charge in [-0.25, -0.2) is 4.79 Å². The number of hydrogen-bond acceptors (Lipinski definition) is 3. The van der Waals surface area contributed by atoms with E-state index in [-0.39, 0.29) is 6.03 Å². The van der Waals surface area contributed by atoms with Crippen LogP contribution in [-0.4, -0.2) is 25.2 Å². The molecule has 0 radical (unpaired) electrons. The number of nitrogens with one attached hydrogen (secondary N) is 2. The van der Waals surface area contributed by atoms with Crippen molar-refractivity contribution in [3.05, 3.63) is 0 Å². The van der Waals surface area contributed by atoms with E-state index in [4.69, 9.17) is 0 Å². The third kappa shape index (κ3) is 5.85. The highest BCUT2D eigenvalue weighted by Gasteiger charge is 1.91. The van der Waals surface area contributed by atoms with Gasteiger partial charge in [-0.05, 0) is 6.26 Å². The molecular formula is C4H10N2OS2. The highest BCUT2D eigenvalue weighted by atomic mass is 33.1. The van der Waals surface area contributed by atoms with Gasteiger partial charge in [-0.15, -0.1) is 0 Å². The normalized spacial score (nSPS) is 8.67. The van der Waals surface area contributed by atoms with Crippen LogP contribution in [0.25, 0.3) is 0 Å². The predicted molar refractivity (Wildman–Crippen MR) is 43.6 cm³/mol. The Morgan fingerprint density at radius 1 is 1.67 bits per heavy atom. The van der Waals surface area contributed by atoms with Crippen molar-refractivity contribution < 1.29 is 4.79 Å². The van der Waals surface area contributed by atoms with E-state index in [2.05, 4.69) is 10.6 Å². The first-order valence-electron chi connectivity index (χ1n) is 2.42. The van der Waals surface area contributed by atoms with E-state index in [0.29, 0.717) is 5.88 Å². The van der Waals surface area contributed by atoms with Crippen molar-refractivity contribution in [1.82, 2.24) is 10.6 Å². The first-order chi connectivity index (χ1) is 4.31. The fourth-order valence-electron chi connectivity index (χ4n) is 0.242. The van der Waals surface area contributed by atoms with Crippen LogP contribution in [0.3, 0.4) is 0 Å². The largest absolute Gasteiger partial charge is 0.341 e. The lowest BCUT2D eigenvalue weighted by atomic mass is 11.0. The summed E-state index contributed by atoms with van der Waals surface area (Å²) in [7, 11) is 4.82. The number of carbonyl (C=O) groups excluding carboxylic acids is 1. The Labute approximate surface area is 62.7 Å². The van der Waals surface area contributed by atoms with Crippen molar-refractivity contribution in [2.45, 2.75) is 0 Å². The van der Waals surface area contributed by atoms with Crippen molar-refractivity contribution in [2.24, 2.45) is 0 Å². The fourth-order valence-corrected chi connectivity index (χ4v) is 1.08. The summed E-state index contributed by atoms with van der Waals surface area (Å²) in [4.78, 5) is 10.4. The lowest BCUT2D eigenvalue weighted by molar-refractivity contribution is 0.244. The highest BCUT2D eigenvalue weighted by Crippen LogP contribution is 2.13. The van der Waals surface area contributed by atoms with Crippen molar-refractivity contribution in [1.29, 1.82) is 0 Å². The predicted octanol–water partition coefficient (Wildman–Crippen LogP) is 0.884. The maximum absolute atomic E-state index is 10.4. The molecule has 54 valence electrons. The standard InChI is InChI=1S/C4H10N2OS2/c1-5-4(7)6-3-9-8-2/h3H2,1-2H3,(H2,5,6,7). The van der Waals surface area contributed by atoms with Crippen LogP contribution in [-0.2, 0) is 0 Å². The molecule has 0 saturated carbocycles. The molecule has 9 heavy (non-hydrogen) atoms. The van der Waals surface area contributed by atoms with Crippen molar-refractivity contribution in [3.63, 3.8) is 0 Å². The number of carbonyl (C=O) groups is 1. The molecule has 0 aliphatic rings. The zero-order valence-electron chi connectivity index (χ0n) is 5.43. The van der Waals surface area contributed by atoms with Gasteiger partial charge in [-0.3, -0.25) is 0 Å². The van der Waals surface area contributed by atoms with Crippen LogP contribution in [0.4, 0.5) is 4.79 Å². The van der Waals surface area contributed by atoms with Gasteiger partial charge in [0.1, 0.15) is 0 Å². The molecule has 5 heteroatoms. The molecule has 2 N–H and O–H groups in total. The Morgan fingerprint density at radius 2 is 2.33 bits per heavy atom. The molecule has 0 heterocycles. The quantitative estimate of drug-likeness (QED) is 0.371. The van der Waals surface area contributed by atoms with E-state index >= 15 is 0 Å². The number of amides is 2. The van der Waals surface area contributed by atoms with Gasteiger partial charge in [-0.1, -0.05) is 21.6 Å². The molecule has 0 bridgehead atoms. The second kappa shape index (κ2) is 6.10. The van der Waals surface area contributed by atoms with Gasteiger partial charge < -0.3 is 10.6 Å². The lowest BCUT2D eigenvalue weighted by Crippen LogP contribution is -2.31. The fraction of sp³-hybridized carbons (Fsp3) is 0.750. The Morgan fingerprint density at radius 3 is 2.78 bits per heavy atom. The van der Waals surface area contributed by atoms with E-state index in [1.807, 2.05) is 6.26 Å². The average molecular weight is 166 g/mol. The molecule has 0 aromatic carbocycles. The summed E-state index contributed by atoms with van der Waals surface area (Å²) < 4.78 is 0. The van der Waals surface area contributed by atoms with Crippen LogP contribution in [0.15, 0.2) is 0 Å². The van der Waals surface area contributed by atoms with Gasteiger partial charge in [0.15, 0.2) is 0 Å². The molecule has 0 fully saturated rings. The molecule has 0 aliphatic heterocycles. The summed E-state index contributed by atoms with van der Waals surface area (Å²) in [6, 6.07) is -0.128. The minimum Gasteiger partial charge on any atom is -0.341 e. The van der Waals surface area contributed by atoms with Crippen LogP contribution < -0.4 is 10.6 Å². The first kappa shape index (κ1) is 8.97. The molecule has 0 atom stereocenters. The molecule has 0 saturated heterocycles. The summed E-state index contributed by atoms with van der Waals surface area (Å²) in [5.74, 6) is 0.654. The minimum absolute atomic E-state index is 0.128. The van der Waals surface area contributed by atoms with Gasteiger partial charge >= 0.3 is 6.03 Å². The Balaban J connectivity index is 2.97. The number of hydrogen-bond donors (Lipinski definition) is 2. The Hall–Kier alpha value is -0.0300. The average Bonchev–Trinajstić information content (AvgIpc) is 1.89. The van der Waals surface area contributed by atoms with Crippen molar-refractivity contribution in [3.8, 4) is 0 Å². The topological polar surface area (TPSA) is 41.1 Å². The van der Waals surface area contributed by atoms with E-state index < -0.39 is 0 Å². The second-order valence-corrected chi connectivity index (χ2v) is 3.75. The summed E-state index contributed by atoms with van der Waals surface area (Å²) >= 11 is 0. The molecule has 0 aromatic rings.